The minimum atomic E-state index is -0.473. The number of hydrogen-bond acceptors (Lipinski definition) is 3. The van der Waals surface area contributed by atoms with Crippen molar-refractivity contribution < 1.29 is 18.7 Å². The summed E-state index contributed by atoms with van der Waals surface area (Å²) in [5.74, 6) is -1.35. The Morgan fingerprint density at radius 1 is 1.35 bits per heavy atom. The summed E-state index contributed by atoms with van der Waals surface area (Å²) in [5, 5.41) is 0. The van der Waals surface area contributed by atoms with Crippen LogP contribution in [-0.2, 0) is 9.53 Å². The van der Waals surface area contributed by atoms with Crippen LogP contribution in [0.1, 0.15) is 17.3 Å². The van der Waals surface area contributed by atoms with Crippen LogP contribution in [-0.4, -0.2) is 37.0 Å². The first-order valence-corrected chi connectivity index (χ1v) is 7.05. The third-order valence-electron chi connectivity index (χ3n) is 3.51. The van der Waals surface area contributed by atoms with Gasteiger partial charge in [0.1, 0.15) is 5.82 Å². The van der Waals surface area contributed by atoms with Crippen LogP contribution < -0.4 is 0 Å². The number of nitrogens with zero attached hydrogens (tertiary/aromatic N) is 1. The Labute approximate surface area is 125 Å². The fourth-order valence-corrected chi connectivity index (χ4v) is 2.92. The first kappa shape index (κ1) is 15.0. The van der Waals surface area contributed by atoms with E-state index in [0.717, 1.165) is 0 Å². The van der Waals surface area contributed by atoms with Crippen LogP contribution in [0.3, 0.4) is 0 Å². The van der Waals surface area contributed by atoms with Gasteiger partial charge in [-0.2, -0.15) is 0 Å². The molecule has 0 N–H and O–H groups in total. The average molecular weight is 344 g/mol. The van der Waals surface area contributed by atoms with E-state index in [1.54, 1.807) is 11.0 Å². The second kappa shape index (κ2) is 5.91. The monoisotopic (exact) mass is 343 g/mol. The van der Waals surface area contributed by atoms with Gasteiger partial charge in [0, 0.05) is 23.1 Å². The highest BCUT2D eigenvalue weighted by Crippen LogP contribution is 2.26. The molecule has 108 valence electrons. The van der Waals surface area contributed by atoms with Crippen LogP contribution in [0, 0.1) is 17.7 Å². The number of esters is 1. The lowest BCUT2D eigenvalue weighted by molar-refractivity contribution is -0.146. The summed E-state index contributed by atoms with van der Waals surface area (Å²) in [5.41, 5.74) is 0.273. The van der Waals surface area contributed by atoms with E-state index in [0.29, 0.717) is 17.6 Å². The third kappa shape index (κ3) is 3.00. The molecule has 0 aromatic heterocycles. The molecular formula is C14H15BrFNO3. The molecule has 2 atom stereocenters. The van der Waals surface area contributed by atoms with Gasteiger partial charge in [-0.1, -0.05) is 22.9 Å². The molecule has 20 heavy (non-hydrogen) atoms. The molecule has 0 radical (unpaired) electrons. The number of halogens is 2. The summed E-state index contributed by atoms with van der Waals surface area (Å²) in [6.07, 6.45) is 0. The van der Waals surface area contributed by atoms with Gasteiger partial charge in [0.2, 0.25) is 0 Å². The Morgan fingerprint density at radius 3 is 2.65 bits per heavy atom. The molecule has 1 aliphatic heterocycles. The SMILES string of the molecule is COC(=O)C1CN(C(=O)c2cc(F)cc(Br)c2)CC1C. The predicted molar refractivity (Wildman–Crippen MR) is 74.7 cm³/mol. The van der Waals surface area contributed by atoms with Crippen molar-refractivity contribution >= 4 is 27.8 Å². The highest BCUT2D eigenvalue weighted by atomic mass is 79.9. The second-order valence-electron chi connectivity index (χ2n) is 4.98. The van der Waals surface area contributed by atoms with Crippen molar-refractivity contribution in [3.63, 3.8) is 0 Å². The number of ether oxygens (including phenoxy) is 1. The minimum absolute atomic E-state index is 0.0309. The summed E-state index contributed by atoms with van der Waals surface area (Å²) in [7, 11) is 1.34. The number of likely N-dealkylation sites (tertiary alicyclic amines) is 1. The molecule has 2 rings (SSSR count). The fraction of sp³-hybridized carbons (Fsp3) is 0.429. The van der Waals surface area contributed by atoms with Crippen LogP contribution in [0.2, 0.25) is 0 Å². The highest BCUT2D eigenvalue weighted by Gasteiger charge is 2.37. The Morgan fingerprint density at radius 2 is 2.05 bits per heavy atom. The van der Waals surface area contributed by atoms with Gasteiger partial charge < -0.3 is 9.64 Å². The number of methoxy groups -OCH3 is 1. The topological polar surface area (TPSA) is 46.6 Å². The molecule has 1 fully saturated rings. The number of hydrogen-bond donors (Lipinski definition) is 0. The molecular weight excluding hydrogens is 329 g/mol. The quantitative estimate of drug-likeness (QED) is 0.775. The Hall–Kier alpha value is -1.43. The molecule has 6 heteroatoms. The zero-order valence-corrected chi connectivity index (χ0v) is 12.8. The van der Waals surface area contributed by atoms with E-state index in [2.05, 4.69) is 15.9 Å². The van der Waals surface area contributed by atoms with Gasteiger partial charge in [-0.05, 0) is 24.1 Å². The van der Waals surface area contributed by atoms with Gasteiger partial charge >= 0.3 is 5.97 Å². The lowest BCUT2D eigenvalue weighted by Crippen LogP contribution is -2.30. The number of carbonyl (C=O) groups is 2. The van der Waals surface area contributed by atoms with Crippen molar-refractivity contribution in [2.24, 2.45) is 11.8 Å². The Balaban J connectivity index is 2.16. The summed E-state index contributed by atoms with van der Waals surface area (Å²) in [4.78, 5) is 25.5. The molecule has 1 aliphatic rings. The van der Waals surface area contributed by atoms with Gasteiger partial charge in [0.15, 0.2) is 0 Å². The third-order valence-corrected chi connectivity index (χ3v) is 3.97. The molecule has 0 aliphatic carbocycles. The summed E-state index contributed by atoms with van der Waals surface area (Å²) < 4.78 is 18.6. The van der Waals surface area contributed by atoms with Crippen LogP contribution >= 0.6 is 15.9 Å². The lowest BCUT2D eigenvalue weighted by Gasteiger charge is -2.16. The van der Waals surface area contributed by atoms with Gasteiger partial charge in [-0.25, -0.2) is 4.39 Å². The molecule has 0 saturated carbocycles. The highest BCUT2D eigenvalue weighted by molar-refractivity contribution is 9.10. The number of carbonyl (C=O) groups excluding carboxylic acids is 2. The Kier molecular flexibility index (Phi) is 4.42. The maximum atomic E-state index is 13.3. The van der Waals surface area contributed by atoms with Crippen molar-refractivity contribution in [1.29, 1.82) is 0 Å². The number of rotatable bonds is 2. The standard InChI is InChI=1S/C14H15BrFNO3/c1-8-6-17(7-12(8)14(19)20-2)13(18)9-3-10(15)5-11(16)4-9/h3-5,8,12H,6-7H2,1-2H3. The largest absolute Gasteiger partial charge is 0.469 e. The number of amides is 1. The molecule has 1 aromatic rings. The zero-order chi connectivity index (χ0) is 14.9. The van der Waals surface area contributed by atoms with Gasteiger partial charge in [-0.3, -0.25) is 9.59 Å². The van der Waals surface area contributed by atoms with E-state index >= 15 is 0 Å². The fourth-order valence-electron chi connectivity index (χ4n) is 2.45. The van der Waals surface area contributed by atoms with Crippen LogP contribution in [0.15, 0.2) is 22.7 Å². The van der Waals surface area contributed by atoms with Crippen LogP contribution in [0.25, 0.3) is 0 Å². The average Bonchev–Trinajstić information content (AvgIpc) is 2.78. The first-order chi connectivity index (χ1) is 9.42. The lowest BCUT2D eigenvalue weighted by atomic mass is 9.99. The summed E-state index contributed by atoms with van der Waals surface area (Å²) in [6, 6.07) is 4.06. The van der Waals surface area contributed by atoms with E-state index < -0.39 is 5.82 Å². The molecule has 0 spiro atoms. The van der Waals surface area contributed by atoms with Crippen molar-refractivity contribution in [1.82, 2.24) is 4.90 Å². The van der Waals surface area contributed by atoms with Gasteiger partial charge in [-0.15, -0.1) is 0 Å². The van der Waals surface area contributed by atoms with E-state index in [-0.39, 0.29) is 29.3 Å². The van der Waals surface area contributed by atoms with Crippen LogP contribution in [0.5, 0.6) is 0 Å². The Bertz CT molecular complexity index is 529. The van der Waals surface area contributed by atoms with Crippen molar-refractivity contribution in [3.8, 4) is 0 Å². The molecule has 1 aromatic carbocycles. The maximum absolute atomic E-state index is 13.3. The normalized spacial score (nSPS) is 21.9. The second-order valence-corrected chi connectivity index (χ2v) is 5.89. The van der Waals surface area contributed by atoms with E-state index in [9.17, 15) is 14.0 Å². The van der Waals surface area contributed by atoms with Crippen LogP contribution in [0.4, 0.5) is 4.39 Å². The molecule has 1 heterocycles. The zero-order valence-electron chi connectivity index (χ0n) is 11.2. The smallest absolute Gasteiger partial charge is 0.310 e. The van der Waals surface area contributed by atoms with Crippen molar-refractivity contribution in [2.75, 3.05) is 20.2 Å². The molecule has 1 saturated heterocycles. The molecule has 0 bridgehead atoms. The van der Waals surface area contributed by atoms with E-state index in [1.807, 2.05) is 6.92 Å². The molecule has 1 amide bonds. The van der Waals surface area contributed by atoms with E-state index in [4.69, 9.17) is 4.74 Å². The van der Waals surface area contributed by atoms with Crippen molar-refractivity contribution in [3.05, 3.63) is 34.1 Å². The van der Waals surface area contributed by atoms with Gasteiger partial charge in [0.25, 0.3) is 5.91 Å². The minimum Gasteiger partial charge on any atom is -0.469 e. The summed E-state index contributed by atoms with van der Waals surface area (Å²) in [6.45, 7) is 2.67. The first-order valence-electron chi connectivity index (χ1n) is 6.25. The maximum Gasteiger partial charge on any atom is 0.310 e. The molecule has 2 unspecified atom stereocenters. The van der Waals surface area contributed by atoms with E-state index in [1.165, 1.54) is 19.2 Å². The summed E-state index contributed by atoms with van der Waals surface area (Å²) >= 11 is 3.16. The van der Waals surface area contributed by atoms with Crippen molar-refractivity contribution in [2.45, 2.75) is 6.92 Å². The van der Waals surface area contributed by atoms with Gasteiger partial charge in [0.05, 0.1) is 13.0 Å². The number of benzene rings is 1. The molecule has 4 nitrogen and oxygen atoms in total. The predicted octanol–water partition coefficient (Wildman–Crippen LogP) is 2.47.